The number of hydrogen-bond acceptors (Lipinski definition) is 3. The Hall–Kier alpha value is -3.54. The number of para-hydroxylation sites is 1. The number of hydrogen-bond donors (Lipinski definition) is 1. The standard InChI is InChI=1S/C23H23N3O3/c1-4-26-19-9-6-5-8-17(19)18-14-16(11-12-20(18)26)24-22(27)15(2)29-23(28)21-10-7-13-25(21)3/h5-15H,4H2,1-3H3,(H,24,27)/t15-/m1/s1. The molecule has 0 aliphatic heterocycles. The Morgan fingerprint density at radius 3 is 2.52 bits per heavy atom. The summed E-state index contributed by atoms with van der Waals surface area (Å²) in [6, 6.07) is 17.5. The number of carbonyl (C=O) groups is 2. The van der Waals surface area contributed by atoms with E-state index in [-0.39, 0.29) is 5.91 Å². The molecule has 0 aliphatic rings. The summed E-state index contributed by atoms with van der Waals surface area (Å²) in [6.45, 7) is 4.55. The van der Waals surface area contributed by atoms with Crippen molar-refractivity contribution in [3.63, 3.8) is 0 Å². The summed E-state index contributed by atoms with van der Waals surface area (Å²) >= 11 is 0. The second-order valence-electron chi connectivity index (χ2n) is 7.03. The Morgan fingerprint density at radius 2 is 1.79 bits per heavy atom. The molecule has 4 rings (SSSR count). The number of esters is 1. The lowest BCUT2D eigenvalue weighted by Gasteiger charge is -2.14. The van der Waals surface area contributed by atoms with Gasteiger partial charge in [-0.15, -0.1) is 0 Å². The third-order valence-corrected chi connectivity index (χ3v) is 5.16. The molecule has 2 aromatic heterocycles. The van der Waals surface area contributed by atoms with Crippen LogP contribution in [0.25, 0.3) is 21.8 Å². The van der Waals surface area contributed by atoms with Gasteiger partial charge in [0.15, 0.2) is 6.10 Å². The monoisotopic (exact) mass is 389 g/mol. The number of benzene rings is 2. The van der Waals surface area contributed by atoms with Gasteiger partial charge in [0.25, 0.3) is 5.91 Å². The third kappa shape index (κ3) is 3.38. The van der Waals surface area contributed by atoms with E-state index in [0.29, 0.717) is 11.4 Å². The maximum absolute atomic E-state index is 12.6. The van der Waals surface area contributed by atoms with Gasteiger partial charge in [-0.2, -0.15) is 0 Å². The summed E-state index contributed by atoms with van der Waals surface area (Å²) in [5.41, 5.74) is 3.36. The van der Waals surface area contributed by atoms with Crippen LogP contribution in [0.4, 0.5) is 5.69 Å². The Bertz CT molecular complexity index is 1220. The molecule has 6 nitrogen and oxygen atoms in total. The van der Waals surface area contributed by atoms with Crippen LogP contribution in [0.3, 0.4) is 0 Å². The lowest BCUT2D eigenvalue weighted by molar-refractivity contribution is -0.123. The van der Waals surface area contributed by atoms with E-state index in [0.717, 1.165) is 22.8 Å². The van der Waals surface area contributed by atoms with Crippen LogP contribution in [-0.4, -0.2) is 27.1 Å². The quantitative estimate of drug-likeness (QED) is 0.517. The van der Waals surface area contributed by atoms with Gasteiger partial charge in [-0.05, 0) is 50.2 Å². The highest BCUT2D eigenvalue weighted by atomic mass is 16.5. The minimum absolute atomic E-state index is 0.369. The number of aromatic nitrogens is 2. The fourth-order valence-electron chi connectivity index (χ4n) is 3.66. The number of aryl methyl sites for hydroxylation is 2. The van der Waals surface area contributed by atoms with Crippen molar-refractivity contribution in [1.82, 2.24) is 9.13 Å². The molecule has 6 heteroatoms. The van der Waals surface area contributed by atoms with Crippen LogP contribution in [0.15, 0.2) is 60.8 Å². The molecule has 148 valence electrons. The van der Waals surface area contributed by atoms with Crippen LogP contribution in [0.1, 0.15) is 24.3 Å². The van der Waals surface area contributed by atoms with Crippen molar-refractivity contribution in [2.75, 3.05) is 5.32 Å². The van der Waals surface area contributed by atoms with Crippen LogP contribution in [0.5, 0.6) is 0 Å². The Morgan fingerprint density at radius 1 is 1.03 bits per heavy atom. The molecular formula is C23H23N3O3. The van der Waals surface area contributed by atoms with E-state index in [4.69, 9.17) is 4.74 Å². The van der Waals surface area contributed by atoms with E-state index >= 15 is 0 Å². The van der Waals surface area contributed by atoms with Crippen molar-refractivity contribution >= 4 is 39.4 Å². The summed E-state index contributed by atoms with van der Waals surface area (Å²) in [6.07, 6.45) is 0.841. The number of ether oxygens (including phenoxy) is 1. The average Bonchev–Trinajstić information content (AvgIpc) is 3.28. The molecule has 0 bridgehead atoms. The summed E-state index contributed by atoms with van der Waals surface area (Å²) in [5.74, 6) is -0.896. The molecule has 0 unspecified atom stereocenters. The van der Waals surface area contributed by atoms with Gasteiger partial charge in [0.2, 0.25) is 0 Å². The maximum Gasteiger partial charge on any atom is 0.355 e. The third-order valence-electron chi connectivity index (χ3n) is 5.16. The Kier molecular flexibility index (Phi) is 4.84. The van der Waals surface area contributed by atoms with E-state index in [2.05, 4.69) is 28.9 Å². The second kappa shape index (κ2) is 7.47. The molecule has 0 saturated carbocycles. The number of nitrogens with zero attached hydrogens (tertiary/aromatic N) is 2. The minimum Gasteiger partial charge on any atom is -0.448 e. The molecule has 4 aromatic rings. The number of anilines is 1. The van der Waals surface area contributed by atoms with Crippen molar-refractivity contribution in [3.05, 3.63) is 66.5 Å². The Balaban J connectivity index is 1.56. The first-order valence-electron chi connectivity index (χ1n) is 9.63. The summed E-state index contributed by atoms with van der Waals surface area (Å²) in [5, 5.41) is 5.08. The van der Waals surface area contributed by atoms with Crippen LogP contribution in [0.2, 0.25) is 0 Å². The van der Waals surface area contributed by atoms with E-state index in [9.17, 15) is 9.59 Å². The fourth-order valence-corrected chi connectivity index (χ4v) is 3.66. The predicted molar refractivity (Wildman–Crippen MR) is 114 cm³/mol. The fraction of sp³-hybridized carbons (Fsp3) is 0.217. The first kappa shape index (κ1) is 18.8. The topological polar surface area (TPSA) is 65.3 Å². The number of carbonyl (C=O) groups excluding carboxylic acids is 2. The van der Waals surface area contributed by atoms with E-state index in [1.807, 2.05) is 30.3 Å². The van der Waals surface area contributed by atoms with E-state index < -0.39 is 12.1 Å². The lowest BCUT2D eigenvalue weighted by atomic mass is 10.1. The van der Waals surface area contributed by atoms with Crippen molar-refractivity contribution in [2.45, 2.75) is 26.5 Å². The molecule has 1 amide bonds. The number of nitrogens with one attached hydrogen (secondary N) is 1. The van der Waals surface area contributed by atoms with Gasteiger partial charge in [-0.1, -0.05) is 18.2 Å². The second-order valence-corrected chi connectivity index (χ2v) is 7.03. The van der Waals surface area contributed by atoms with E-state index in [1.54, 1.807) is 36.9 Å². The van der Waals surface area contributed by atoms with Gasteiger partial charge < -0.3 is 19.2 Å². The molecule has 1 atom stereocenters. The zero-order valence-corrected chi connectivity index (χ0v) is 16.7. The van der Waals surface area contributed by atoms with Gasteiger partial charge in [0, 0.05) is 47.3 Å². The molecule has 2 heterocycles. The van der Waals surface area contributed by atoms with Crippen molar-refractivity contribution < 1.29 is 14.3 Å². The largest absolute Gasteiger partial charge is 0.448 e. The van der Waals surface area contributed by atoms with Crippen LogP contribution in [0, 0.1) is 0 Å². The van der Waals surface area contributed by atoms with Crippen molar-refractivity contribution in [2.24, 2.45) is 7.05 Å². The lowest BCUT2D eigenvalue weighted by Crippen LogP contribution is -2.30. The first-order valence-corrected chi connectivity index (χ1v) is 9.63. The average molecular weight is 389 g/mol. The zero-order chi connectivity index (χ0) is 20.5. The summed E-state index contributed by atoms with van der Waals surface area (Å²) in [4.78, 5) is 24.8. The highest BCUT2D eigenvalue weighted by Crippen LogP contribution is 2.31. The zero-order valence-electron chi connectivity index (χ0n) is 16.7. The predicted octanol–water partition coefficient (Wildman–Crippen LogP) is 4.34. The maximum atomic E-state index is 12.6. The SMILES string of the molecule is CCn1c2ccccc2c2cc(NC(=O)[C@@H](C)OC(=O)c3cccn3C)ccc21. The smallest absolute Gasteiger partial charge is 0.355 e. The molecule has 29 heavy (non-hydrogen) atoms. The van der Waals surface area contributed by atoms with Gasteiger partial charge in [0.05, 0.1) is 0 Å². The van der Waals surface area contributed by atoms with Crippen LogP contribution in [-0.2, 0) is 23.1 Å². The molecule has 0 spiro atoms. The van der Waals surface area contributed by atoms with Gasteiger partial charge in [-0.3, -0.25) is 4.79 Å². The van der Waals surface area contributed by atoms with Crippen LogP contribution < -0.4 is 5.32 Å². The van der Waals surface area contributed by atoms with E-state index in [1.165, 1.54) is 5.52 Å². The molecule has 0 radical (unpaired) electrons. The Labute approximate surface area is 168 Å². The summed E-state index contributed by atoms with van der Waals surface area (Å²) in [7, 11) is 1.75. The number of rotatable bonds is 5. The molecule has 1 N–H and O–H groups in total. The molecule has 0 saturated heterocycles. The number of amides is 1. The van der Waals surface area contributed by atoms with Gasteiger partial charge >= 0.3 is 5.97 Å². The van der Waals surface area contributed by atoms with Gasteiger partial charge in [-0.25, -0.2) is 4.79 Å². The highest BCUT2D eigenvalue weighted by molar-refractivity contribution is 6.10. The first-order chi connectivity index (χ1) is 14.0. The molecule has 2 aromatic carbocycles. The molecular weight excluding hydrogens is 366 g/mol. The number of fused-ring (bicyclic) bond motifs is 3. The molecule has 0 fully saturated rings. The van der Waals surface area contributed by atoms with Crippen molar-refractivity contribution in [3.8, 4) is 0 Å². The minimum atomic E-state index is -0.912. The van der Waals surface area contributed by atoms with Gasteiger partial charge in [0.1, 0.15) is 5.69 Å². The van der Waals surface area contributed by atoms with Crippen molar-refractivity contribution in [1.29, 1.82) is 0 Å². The normalized spacial score (nSPS) is 12.2. The highest BCUT2D eigenvalue weighted by Gasteiger charge is 2.21. The molecule has 0 aliphatic carbocycles. The summed E-state index contributed by atoms with van der Waals surface area (Å²) < 4.78 is 9.22. The van der Waals surface area contributed by atoms with Crippen LogP contribution >= 0.6 is 0 Å².